The lowest BCUT2D eigenvalue weighted by Crippen LogP contribution is -2.38. The summed E-state index contributed by atoms with van der Waals surface area (Å²) in [5.74, 6) is -0.764. The van der Waals surface area contributed by atoms with E-state index in [2.05, 4.69) is 0 Å². The maximum atomic E-state index is 12.0. The molecule has 0 spiro atoms. The lowest BCUT2D eigenvalue weighted by atomic mass is 10.1. The van der Waals surface area contributed by atoms with E-state index in [0.29, 0.717) is 5.56 Å². The van der Waals surface area contributed by atoms with Crippen molar-refractivity contribution in [3.63, 3.8) is 0 Å². The number of benzene rings is 2. The number of amides is 1. The summed E-state index contributed by atoms with van der Waals surface area (Å²) >= 11 is 0. The fourth-order valence-electron chi connectivity index (χ4n) is 1.67. The highest BCUT2D eigenvalue weighted by molar-refractivity contribution is 7.90. The van der Waals surface area contributed by atoms with Crippen molar-refractivity contribution >= 4 is 15.9 Å². The number of sulfonamides is 1. The van der Waals surface area contributed by atoms with Crippen LogP contribution in [0.25, 0.3) is 0 Å². The van der Waals surface area contributed by atoms with E-state index in [1.54, 1.807) is 48.5 Å². The minimum atomic E-state index is -3.89. The summed E-state index contributed by atoms with van der Waals surface area (Å²) in [5, 5.41) is 0. The van der Waals surface area contributed by atoms with Crippen LogP contribution in [0.4, 0.5) is 0 Å². The Labute approximate surface area is 117 Å². The summed E-state index contributed by atoms with van der Waals surface area (Å²) in [5.41, 5.74) is 6.30. The summed E-state index contributed by atoms with van der Waals surface area (Å²) < 4.78 is 26.0. The first-order valence-electron chi connectivity index (χ1n) is 5.93. The molecule has 0 heterocycles. The fraction of sp³-hybridized carbons (Fsp3) is 0.0714. The van der Waals surface area contributed by atoms with Crippen LogP contribution in [0.1, 0.15) is 11.6 Å². The lowest BCUT2D eigenvalue weighted by molar-refractivity contribution is -0.120. The second-order valence-corrected chi connectivity index (χ2v) is 5.85. The van der Waals surface area contributed by atoms with Gasteiger partial charge in [0.05, 0.1) is 4.90 Å². The summed E-state index contributed by atoms with van der Waals surface area (Å²) in [7, 11) is -3.89. The lowest BCUT2D eigenvalue weighted by Gasteiger charge is -2.12. The molecule has 5 nitrogen and oxygen atoms in total. The molecule has 0 fully saturated rings. The van der Waals surface area contributed by atoms with Crippen LogP contribution in [0, 0.1) is 0 Å². The molecule has 0 aliphatic rings. The molecule has 1 amide bonds. The van der Waals surface area contributed by atoms with Crippen LogP contribution in [0.5, 0.6) is 0 Å². The van der Waals surface area contributed by atoms with E-state index in [1.807, 2.05) is 4.72 Å². The van der Waals surface area contributed by atoms with E-state index in [-0.39, 0.29) is 4.90 Å². The molecule has 0 aromatic heterocycles. The van der Waals surface area contributed by atoms with Crippen LogP contribution in [-0.2, 0) is 14.8 Å². The molecule has 20 heavy (non-hydrogen) atoms. The molecule has 0 saturated carbocycles. The predicted octanol–water partition coefficient (Wildman–Crippen LogP) is 1.19. The van der Waals surface area contributed by atoms with Gasteiger partial charge in [-0.1, -0.05) is 48.5 Å². The molecule has 0 saturated heterocycles. The average molecular weight is 290 g/mol. The molecule has 2 aromatic rings. The van der Waals surface area contributed by atoms with Crippen LogP contribution < -0.4 is 10.5 Å². The van der Waals surface area contributed by atoms with Gasteiger partial charge in [0.15, 0.2) is 0 Å². The van der Waals surface area contributed by atoms with Gasteiger partial charge < -0.3 is 5.73 Å². The van der Waals surface area contributed by atoms with Crippen molar-refractivity contribution in [2.24, 2.45) is 5.73 Å². The van der Waals surface area contributed by atoms with E-state index < -0.39 is 22.0 Å². The molecule has 104 valence electrons. The van der Waals surface area contributed by atoms with E-state index in [0.717, 1.165) is 0 Å². The van der Waals surface area contributed by atoms with E-state index in [9.17, 15) is 13.2 Å². The van der Waals surface area contributed by atoms with Crippen molar-refractivity contribution in [2.75, 3.05) is 0 Å². The van der Waals surface area contributed by atoms with Crippen molar-refractivity contribution in [2.45, 2.75) is 10.9 Å². The second kappa shape index (κ2) is 5.85. The first kappa shape index (κ1) is 14.2. The summed E-state index contributed by atoms with van der Waals surface area (Å²) in [6, 6.07) is 15.2. The molecule has 0 aliphatic carbocycles. The number of rotatable bonds is 4. The molecule has 6 heteroatoms. The number of carbonyl (C=O) groups is 1. The van der Waals surface area contributed by atoms with Crippen LogP contribution >= 0.6 is 0 Å². The minimum absolute atomic E-state index is 0.0219. The maximum Gasteiger partial charge on any atom is 0.264 e. The van der Waals surface area contributed by atoms with Gasteiger partial charge in [-0.15, -0.1) is 0 Å². The second-order valence-electron chi connectivity index (χ2n) is 4.17. The number of hydrogen-bond acceptors (Lipinski definition) is 4. The van der Waals surface area contributed by atoms with Gasteiger partial charge in [0.25, 0.3) is 15.9 Å². The van der Waals surface area contributed by atoms with Crippen molar-refractivity contribution in [1.29, 1.82) is 0 Å². The fourth-order valence-corrected chi connectivity index (χ4v) is 2.69. The molecule has 2 aromatic carbocycles. The third kappa shape index (κ3) is 3.23. The molecular formula is C14H14N2O3S. The first-order valence-corrected chi connectivity index (χ1v) is 7.41. The van der Waals surface area contributed by atoms with Gasteiger partial charge in [-0.3, -0.25) is 4.79 Å². The van der Waals surface area contributed by atoms with Crippen LogP contribution in [0.15, 0.2) is 65.6 Å². The van der Waals surface area contributed by atoms with Crippen LogP contribution in [0.3, 0.4) is 0 Å². The largest absolute Gasteiger partial charge is 0.316 e. The zero-order valence-corrected chi connectivity index (χ0v) is 11.4. The molecule has 3 N–H and O–H groups in total. The summed E-state index contributed by atoms with van der Waals surface area (Å²) in [4.78, 5) is 11.9. The molecule has 0 bridgehead atoms. The Hall–Kier alpha value is -2.18. The van der Waals surface area contributed by atoms with Crippen molar-refractivity contribution in [1.82, 2.24) is 4.72 Å². The maximum absolute atomic E-state index is 12.0. The summed E-state index contributed by atoms with van der Waals surface area (Å²) in [6.07, 6.45) is 0. The standard InChI is InChI=1S/C14H14N2O3S/c15-13(11-7-3-1-4-8-11)14(17)16-20(18,19)12-9-5-2-6-10-12/h1-10,13H,15H2,(H,16,17). The highest BCUT2D eigenvalue weighted by Gasteiger charge is 2.22. The van der Waals surface area contributed by atoms with Gasteiger partial charge in [-0.05, 0) is 17.7 Å². The molecule has 2 rings (SSSR count). The van der Waals surface area contributed by atoms with Crippen LogP contribution in [-0.4, -0.2) is 14.3 Å². The zero-order valence-electron chi connectivity index (χ0n) is 10.6. The Morgan fingerprint density at radius 3 is 2.00 bits per heavy atom. The topological polar surface area (TPSA) is 89.3 Å². The molecule has 1 unspecified atom stereocenters. The SMILES string of the molecule is NC(C(=O)NS(=O)(=O)c1ccccc1)c1ccccc1. The van der Waals surface area contributed by atoms with Crippen LogP contribution in [0.2, 0.25) is 0 Å². The molecular weight excluding hydrogens is 276 g/mol. The number of nitrogens with one attached hydrogen (secondary N) is 1. The van der Waals surface area contributed by atoms with Crippen molar-refractivity contribution < 1.29 is 13.2 Å². The van der Waals surface area contributed by atoms with Gasteiger partial charge in [-0.25, -0.2) is 13.1 Å². The Balaban J connectivity index is 2.16. The molecule has 1 atom stereocenters. The predicted molar refractivity (Wildman–Crippen MR) is 75.1 cm³/mol. The molecule has 0 radical (unpaired) electrons. The Bertz CT molecular complexity index is 685. The van der Waals surface area contributed by atoms with E-state index in [1.165, 1.54) is 12.1 Å². The van der Waals surface area contributed by atoms with Gasteiger partial charge in [0.2, 0.25) is 0 Å². The number of hydrogen-bond donors (Lipinski definition) is 2. The molecule has 0 aliphatic heterocycles. The normalized spacial score (nSPS) is 12.7. The van der Waals surface area contributed by atoms with E-state index >= 15 is 0 Å². The van der Waals surface area contributed by atoms with Gasteiger partial charge in [0.1, 0.15) is 6.04 Å². The van der Waals surface area contributed by atoms with Crippen molar-refractivity contribution in [3.05, 3.63) is 66.2 Å². The first-order chi connectivity index (χ1) is 9.50. The Kier molecular flexibility index (Phi) is 4.16. The number of nitrogens with two attached hydrogens (primary N) is 1. The third-order valence-electron chi connectivity index (χ3n) is 2.73. The highest BCUT2D eigenvalue weighted by Crippen LogP contribution is 2.12. The van der Waals surface area contributed by atoms with E-state index in [4.69, 9.17) is 5.73 Å². The summed E-state index contributed by atoms with van der Waals surface area (Å²) in [6.45, 7) is 0. The van der Waals surface area contributed by atoms with Gasteiger partial charge in [-0.2, -0.15) is 0 Å². The Morgan fingerprint density at radius 2 is 1.45 bits per heavy atom. The smallest absolute Gasteiger partial charge is 0.264 e. The monoisotopic (exact) mass is 290 g/mol. The average Bonchev–Trinajstić information content (AvgIpc) is 2.48. The highest BCUT2D eigenvalue weighted by atomic mass is 32.2. The quantitative estimate of drug-likeness (QED) is 0.885. The van der Waals surface area contributed by atoms with Crippen molar-refractivity contribution in [3.8, 4) is 0 Å². The van der Waals surface area contributed by atoms with Gasteiger partial charge in [0, 0.05) is 0 Å². The Morgan fingerprint density at radius 1 is 0.950 bits per heavy atom. The number of carbonyl (C=O) groups excluding carboxylic acids is 1. The zero-order chi connectivity index (χ0) is 14.6. The minimum Gasteiger partial charge on any atom is -0.316 e. The van der Waals surface area contributed by atoms with Gasteiger partial charge >= 0.3 is 0 Å². The third-order valence-corrected chi connectivity index (χ3v) is 4.09.